The van der Waals surface area contributed by atoms with Gasteiger partial charge in [0.15, 0.2) is 0 Å². The van der Waals surface area contributed by atoms with Crippen LogP contribution in [-0.2, 0) is 10.0 Å². The third kappa shape index (κ3) is 4.70. The number of aryl methyl sites for hydroxylation is 1. The smallest absolute Gasteiger partial charge is 0.242 e. The van der Waals surface area contributed by atoms with Crippen LogP contribution in [0.4, 0.5) is 0 Å². The summed E-state index contributed by atoms with van der Waals surface area (Å²) in [5, 5.41) is 10.7. The predicted molar refractivity (Wildman–Crippen MR) is 93.9 cm³/mol. The van der Waals surface area contributed by atoms with Gasteiger partial charge in [-0.25, -0.2) is 8.42 Å². The molecular weight excluding hydrogens is 350 g/mol. The summed E-state index contributed by atoms with van der Waals surface area (Å²) in [5.41, 5.74) is 0.868. The van der Waals surface area contributed by atoms with E-state index in [4.69, 9.17) is 16.3 Å². The lowest BCUT2D eigenvalue weighted by molar-refractivity contribution is 0.0935. The van der Waals surface area contributed by atoms with Crippen LogP contribution in [-0.4, -0.2) is 44.1 Å². The molecule has 0 heterocycles. The first-order valence-electron chi connectivity index (χ1n) is 7.39. The van der Waals surface area contributed by atoms with Crippen molar-refractivity contribution < 1.29 is 18.3 Å². The molecule has 24 heavy (non-hydrogen) atoms. The SMILES string of the molecule is Cc1cc(OCC(O)CN(C)S(=O)(=O)c2ccccc2)ccc1Cl. The summed E-state index contributed by atoms with van der Waals surface area (Å²) in [7, 11) is -2.20. The molecule has 0 fully saturated rings. The maximum Gasteiger partial charge on any atom is 0.242 e. The summed E-state index contributed by atoms with van der Waals surface area (Å²) in [6.07, 6.45) is -0.954. The summed E-state index contributed by atoms with van der Waals surface area (Å²) >= 11 is 5.94. The molecule has 130 valence electrons. The molecule has 0 aliphatic rings. The number of sulfonamides is 1. The topological polar surface area (TPSA) is 66.8 Å². The Morgan fingerprint density at radius 3 is 2.50 bits per heavy atom. The van der Waals surface area contributed by atoms with Gasteiger partial charge in [0.2, 0.25) is 10.0 Å². The number of halogens is 1. The van der Waals surface area contributed by atoms with Crippen molar-refractivity contribution in [2.24, 2.45) is 0 Å². The minimum atomic E-state index is -3.63. The lowest BCUT2D eigenvalue weighted by Crippen LogP contribution is -2.37. The molecule has 0 aliphatic heterocycles. The van der Waals surface area contributed by atoms with E-state index in [1.54, 1.807) is 36.4 Å². The Hall–Kier alpha value is -1.60. The lowest BCUT2D eigenvalue weighted by atomic mass is 10.2. The van der Waals surface area contributed by atoms with E-state index >= 15 is 0 Å². The van der Waals surface area contributed by atoms with Gasteiger partial charge in [-0.1, -0.05) is 29.8 Å². The van der Waals surface area contributed by atoms with Crippen LogP contribution in [0.1, 0.15) is 5.56 Å². The summed E-state index contributed by atoms with van der Waals surface area (Å²) in [4.78, 5) is 0.189. The van der Waals surface area contributed by atoms with E-state index in [-0.39, 0.29) is 18.0 Å². The Morgan fingerprint density at radius 1 is 1.21 bits per heavy atom. The molecule has 1 atom stereocenters. The van der Waals surface area contributed by atoms with Crippen molar-refractivity contribution in [2.45, 2.75) is 17.9 Å². The van der Waals surface area contributed by atoms with Crippen molar-refractivity contribution in [3.8, 4) is 5.75 Å². The molecule has 5 nitrogen and oxygen atoms in total. The number of aliphatic hydroxyl groups excluding tert-OH is 1. The molecule has 2 aromatic rings. The first-order valence-corrected chi connectivity index (χ1v) is 9.21. The van der Waals surface area contributed by atoms with Crippen LogP contribution in [0.5, 0.6) is 5.75 Å². The van der Waals surface area contributed by atoms with Gasteiger partial charge in [0.25, 0.3) is 0 Å². The number of benzene rings is 2. The second-order valence-corrected chi connectivity index (χ2v) is 7.93. The standard InChI is InChI=1S/C17H20ClNO4S/c1-13-10-15(8-9-17(13)18)23-12-14(20)11-19(2)24(21,22)16-6-4-3-5-7-16/h3-10,14,20H,11-12H2,1-2H3. The summed E-state index contributed by atoms with van der Waals surface area (Å²) in [5.74, 6) is 0.574. The molecule has 0 radical (unpaired) electrons. The average molecular weight is 370 g/mol. The Labute approximate surface area is 147 Å². The molecule has 1 N–H and O–H groups in total. The number of likely N-dealkylation sites (N-methyl/N-ethyl adjacent to an activating group) is 1. The van der Waals surface area contributed by atoms with Crippen molar-refractivity contribution in [1.29, 1.82) is 0 Å². The maximum absolute atomic E-state index is 12.4. The zero-order chi connectivity index (χ0) is 17.7. The van der Waals surface area contributed by atoms with Crippen LogP contribution >= 0.6 is 11.6 Å². The monoisotopic (exact) mass is 369 g/mol. The molecular formula is C17H20ClNO4S. The normalized spacial score (nSPS) is 13.0. The van der Waals surface area contributed by atoms with E-state index in [2.05, 4.69) is 0 Å². The zero-order valence-corrected chi connectivity index (χ0v) is 15.1. The number of rotatable bonds is 7. The highest BCUT2D eigenvalue weighted by Crippen LogP contribution is 2.21. The minimum absolute atomic E-state index is 0.0181. The largest absolute Gasteiger partial charge is 0.491 e. The Balaban J connectivity index is 1.94. The van der Waals surface area contributed by atoms with Gasteiger partial charge in [0.05, 0.1) is 4.90 Å². The minimum Gasteiger partial charge on any atom is -0.491 e. The van der Waals surface area contributed by atoms with Crippen LogP contribution in [0.25, 0.3) is 0 Å². The van der Waals surface area contributed by atoms with Gasteiger partial charge in [-0.3, -0.25) is 0 Å². The van der Waals surface area contributed by atoms with Crippen molar-refractivity contribution in [3.63, 3.8) is 0 Å². The van der Waals surface area contributed by atoms with Gasteiger partial charge in [-0.2, -0.15) is 4.31 Å². The van der Waals surface area contributed by atoms with Gasteiger partial charge in [-0.15, -0.1) is 0 Å². The molecule has 0 spiro atoms. The van der Waals surface area contributed by atoms with Crippen LogP contribution in [0, 0.1) is 6.92 Å². The van der Waals surface area contributed by atoms with E-state index in [1.165, 1.54) is 19.2 Å². The summed E-state index contributed by atoms with van der Waals surface area (Å²) in [6, 6.07) is 13.3. The quantitative estimate of drug-likeness (QED) is 0.814. The Bertz CT molecular complexity index is 780. The molecule has 0 amide bonds. The second-order valence-electron chi connectivity index (χ2n) is 5.47. The van der Waals surface area contributed by atoms with Gasteiger partial charge < -0.3 is 9.84 Å². The van der Waals surface area contributed by atoms with E-state index in [9.17, 15) is 13.5 Å². The van der Waals surface area contributed by atoms with Crippen molar-refractivity contribution in [1.82, 2.24) is 4.31 Å². The number of ether oxygens (including phenoxy) is 1. The molecule has 0 saturated heterocycles. The molecule has 2 aromatic carbocycles. The second kappa shape index (κ2) is 7.98. The molecule has 0 bridgehead atoms. The van der Waals surface area contributed by atoms with Crippen molar-refractivity contribution in [2.75, 3.05) is 20.2 Å². The van der Waals surface area contributed by atoms with Gasteiger partial charge in [-0.05, 0) is 42.8 Å². The molecule has 7 heteroatoms. The van der Waals surface area contributed by atoms with Crippen LogP contribution in [0.15, 0.2) is 53.4 Å². The average Bonchev–Trinajstić information content (AvgIpc) is 2.56. The number of hydrogen-bond donors (Lipinski definition) is 1. The highest BCUT2D eigenvalue weighted by molar-refractivity contribution is 7.89. The van der Waals surface area contributed by atoms with Crippen LogP contribution in [0.3, 0.4) is 0 Å². The zero-order valence-electron chi connectivity index (χ0n) is 13.5. The first-order chi connectivity index (χ1) is 11.3. The molecule has 0 saturated carbocycles. The fraction of sp³-hybridized carbons (Fsp3) is 0.294. The number of nitrogens with zero attached hydrogens (tertiary/aromatic N) is 1. The molecule has 0 aromatic heterocycles. The van der Waals surface area contributed by atoms with Gasteiger partial charge in [0, 0.05) is 18.6 Å². The Morgan fingerprint density at radius 2 is 1.88 bits per heavy atom. The Kier molecular flexibility index (Phi) is 6.23. The maximum atomic E-state index is 12.4. The summed E-state index contributed by atoms with van der Waals surface area (Å²) < 4.78 is 31.4. The molecule has 2 rings (SSSR count). The third-order valence-corrected chi connectivity index (χ3v) is 5.75. The highest BCUT2D eigenvalue weighted by Gasteiger charge is 2.23. The van der Waals surface area contributed by atoms with Gasteiger partial charge in [0.1, 0.15) is 18.5 Å². The van der Waals surface area contributed by atoms with Gasteiger partial charge >= 0.3 is 0 Å². The molecule has 1 unspecified atom stereocenters. The predicted octanol–water partition coefficient (Wildman–Crippen LogP) is 2.71. The summed E-state index contributed by atoms with van der Waals surface area (Å²) in [6.45, 7) is 1.77. The highest BCUT2D eigenvalue weighted by atomic mass is 35.5. The van der Waals surface area contributed by atoms with Crippen molar-refractivity contribution >= 4 is 21.6 Å². The van der Waals surface area contributed by atoms with E-state index in [1.807, 2.05) is 6.92 Å². The van der Waals surface area contributed by atoms with Crippen LogP contribution in [0.2, 0.25) is 5.02 Å². The van der Waals surface area contributed by atoms with Crippen LogP contribution < -0.4 is 4.74 Å². The lowest BCUT2D eigenvalue weighted by Gasteiger charge is -2.21. The first kappa shape index (κ1) is 18.7. The fourth-order valence-electron chi connectivity index (χ4n) is 2.12. The van der Waals surface area contributed by atoms with E-state index in [0.717, 1.165) is 9.87 Å². The van der Waals surface area contributed by atoms with Crippen molar-refractivity contribution in [3.05, 3.63) is 59.1 Å². The fourth-order valence-corrected chi connectivity index (χ4v) is 3.47. The third-order valence-electron chi connectivity index (χ3n) is 3.49. The molecule has 0 aliphatic carbocycles. The number of aliphatic hydroxyl groups is 1. The number of hydrogen-bond acceptors (Lipinski definition) is 4. The van der Waals surface area contributed by atoms with E-state index in [0.29, 0.717) is 10.8 Å². The van der Waals surface area contributed by atoms with E-state index < -0.39 is 16.1 Å².